The van der Waals surface area contributed by atoms with Crippen LogP contribution in [0.25, 0.3) is 0 Å². The van der Waals surface area contributed by atoms with Gasteiger partial charge in [-0.25, -0.2) is 4.68 Å². The Balaban J connectivity index is 1.77. The van der Waals surface area contributed by atoms with Gasteiger partial charge >= 0.3 is 0 Å². The molecule has 0 fully saturated rings. The number of methoxy groups -OCH3 is 2. The Bertz CT molecular complexity index is 1050. The zero-order valence-electron chi connectivity index (χ0n) is 16.0. The van der Waals surface area contributed by atoms with Crippen molar-refractivity contribution < 1.29 is 14.3 Å². The Morgan fingerprint density at radius 3 is 2.62 bits per heavy atom. The van der Waals surface area contributed by atoms with Crippen molar-refractivity contribution in [2.75, 3.05) is 24.9 Å². The third-order valence-electron chi connectivity index (χ3n) is 4.79. The number of carbonyl (C=O) groups excluding carboxylic acids is 1. The Kier molecular flexibility index (Phi) is 4.86. The van der Waals surface area contributed by atoms with Crippen LogP contribution in [0.3, 0.4) is 0 Å². The fourth-order valence-electron chi connectivity index (χ4n) is 3.43. The van der Waals surface area contributed by atoms with Crippen LogP contribution < -0.4 is 20.1 Å². The largest absolute Gasteiger partial charge is 0.493 e. The number of nitrogens with one attached hydrogen (secondary N) is 2. The van der Waals surface area contributed by atoms with Gasteiger partial charge in [-0.3, -0.25) is 4.79 Å². The highest BCUT2D eigenvalue weighted by atomic mass is 16.5. The first-order chi connectivity index (χ1) is 14.1. The van der Waals surface area contributed by atoms with E-state index in [4.69, 9.17) is 9.47 Å². The van der Waals surface area contributed by atoms with Crippen molar-refractivity contribution in [1.29, 1.82) is 0 Å². The van der Waals surface area contributed by atoms with Gasteiger partial charge in [0.15, 0.2) is 11.5 Å². The van der Waals surface area contributed by atoms with Gasteiger partial charge in [-0.1, -0.05) is 35.9 Å². The highest BCUT2D eigenvalue weighted by Gasteiger charge is 2.40. The predicted molar refractivity (Wildman–Crippen MR) is 107 cm³/mol. The molecule has 4 rings (SSSR count). The maximum atomic E-state index is 13.2. The van der Waals surface area contributed by atoms with E-state index in [0.29, 0.717) is 28.8 Å². The average molecular weight is 392 g/mol. The summed E-state index contributed by atoms with van der Waals surface area (Å²) in [7, 11) is 3.13. The Morgan fingerprint density at radius 1 is 1.14 bits per heavy atom. The van der Waals surface area contributed by atoms with Crippen molar-refractivity contribution in [2.24, 2.45) is 5.92 Å². The van der Waals surface area contributed by atoms with Crippen molar-refractivity contribution in [1.82, 2.24) is 20.2 Å². The first-order valence-corrected chi connectivity index (χ1v) is 8.94. The topological polar surface area (TPSA) is 103 Å². The molecule has 1 aliphatic rings. The van der Waals surface area contributed by atoms with E-state index in [1.807, 2.05) is 42.5 Å². The zero-order valence-corrected chi connectivity index (χ0v) is 16.0. The predicted octanol–water partition coefficient (Wildman–Crippen LogP) is 2.47. The number of tetrazole rings is 1. The zero-order chi connectivity index (χ0) is 20.4. The molecule has 2 atom stereocenters. The highest BCUT2D eigenvalue weighted by molar-refractivity contribution is 5.95. The number of amides is 1. The normalized spacial score (nSPS) is 17.8. The molecule has 0 saturated heterocycles. The minimum atomic E-state index is -0.663. The van der Waals surface area contributed by atoms with Gasteiger partial charge in [0.25, 0.3) is 0 Å². The minimum absolute atomic E-state index is 0.227. The fraction of sp³-hybridized carbons (Fsp3) is 0.200. The van der Waals surface area contributed by atoms with Crippen molar-refractivity contribution in [3.05, 3.63) is 66.4 Å². The number of hydrogen-bond donors (Lipinski definition) is 2. The van der Waals surface area contributed by atoms with Crippen LogP contribution in [0.2, 0.25) is 0 Å². The number of aromatic nitrogens is 4. The van der Waals surface area contributed by atoms with Crippen LogP contribution in [0.5, 0.6) is 11.5 Å². The Hall–Kier alpha value is -3.88. The van der Waals surface area contributed by atoms with Crippen LogP contribution >= 0.6 is 0 Å². The number of hydrogen-bond acceptors (Lipinski definition) is 7. The van der Waals surface area contributed by atoms with Crippen LogP contribution in [-0.4, -0.2) is 40.3 Å². The van der Waals surface area contributed by atoms with E-state index in [-0.39, 0.29) is 5.91 Å². The summed E-state index contributed by atoms with van der Waals surface area (Å²) in [6, 6.07) is 14.2. The smallest absolute Gasteiger partial charge is 0.247 e. The Labute approximate surface area is 167 Å². The number of anilines is 2. The number of nitrogens with zero attached hydrogens (tertiary/aromatic N) is 4. The molecule has 29 heavy (non-hydrogen) atoms. The van der Waals surface area contributed by atoms with Gasteiger partial charge < -0.3 is 20.1 Å². The van der Waals surface area contributed by atoms with Gasteiger partial charge in [0, 0.05) is 11.4 Å². The second-order valence-corrected chi connectivity index (χ2v) is 6.49. The van der Waals surface area contributed by atoms with Gasteiger partial charge in [0.1, 0.15) is 5.92 Å². The molecule has 2 heterocycles. The molecule has 3 aromatic rings. The quantitative estimate of drug-likeness (QED) is 0.687. The molecule has 2 aromatic carbocycles. The monoisotopic (exact) mass is 392 g/mol. The molecule has 9 nitrogen and oxygen atoms in total. The van der Waals surface area contributed by atoms with Gasteiger partial charge in [-0.05, 0) is 40.3 Å². The van der Waals surface area contributed by atoms with Crippen molar-refractivity contribution in [3.8, 4) is 11.5 Å². The SMILES string of the molecule is C=C1Nc2nnnn2C(c2ccc(OC)c(OC)c2)C1C(=O)Nc1ccccc1. The molecule has 2 N–H and O–H groups in total. The molecule has 1 aliphatic heterocycles. The summed E-state index contributed by atoms with van der Waals surface area (Å²) in [6.07, 6.45) is 0. The summed E-state index contributed by atoms with van der Waals surface area (Å²) in [5.41, 5.74) is 1.98. The number of carbonyl (C=O) groups is 1. The fourth-order valence-corrected chi connectivity index (χ4v) is 3.43. The summed E-state index contributed by atoms with van der Waals surface area (Å²) in [6.45, 7) is 4.05. The van der Waals surface area contributed by atoms with Crippen molar-refractivity contribution in [3.63, 3.8) is 0 Å². The van der Waals surface area contributed by atoms with Crippen molar-refractivity contribution in [2.45, 2.75) is 6.04 Å². The number of fused-ring (bicyclic) bond motifs is 1. The Morgan fingerprint density at radius 2 is 1.90 bits per heavy atom. The standard InChI is InChI=1S/C20H20N6O3/c1-12-17(19(27)22-14-7-5-4-6-8-14)18(26-20(21-12)23-24-25-26)13-9-10-15(28-2)16(11-13)29-3/h4-11,17-18H,1H2,2-3H3,(H,22,27)(H,21,23,25). The number of rotatable bonds is 5. The molecule has 1 aromatic heterocycles. The molecule has 0 saturated carbocycles. The number of benzene rings is 2. The lowest BCUT2D eigenvalue weighted by Crippen LogP contribution is -2.39. The van der Waals surface area contributed by atoms with E-state index in [1.54, 1.807) is 25.0 Å². The molecule has 1 amide bonds. The maximum absolute atomic E-state index is 13.2. The summed E-state index contributed by atoms with van der Waals surface area (Å²) < 4.78 is 12.3. The molecular weight excluding hydrogens is 372 g/mol. The van der Waals surface area contributed by atoms with E-state index in [2.05, 4.69) is 32.7 Å². The lowest BCUT2D eigenvalue weighted by Gasteiger charge is -2.33. The van der Waals surface area contributed by atoms with Crippen LogP contribution in [-0.2, 0) is 4.79 Å². The van der Waals surface area contributed by atoms with Gasteiger partial charge in [-0.2, -0.15) is 0 Å². The summed E-state index contributed by atoms with van der Waals surface area (Å²) in [5.74, 6) is 0.662. The summed E-state index contributed by atoms with van der Waals surface area (Å²) in [5, 5.41) is 17.8. The molecule has 0 aliphatic carbocycles. The van der Waals surface area contributed by atoms with Crippen LogP contribution in [0.4, 0.5) is 11.6 Å². The summed E-state index contributed by atoms with van der Waals surface area (Å²) in [4.78, 5) is 13.2. The van der Waals surface area contributed by atoms with E-state index >= 15 is 0 Å². The third kappa shape index (κ3) is 3.38. The second kappa shape index (κ2) is 7.63. The van der Waals surface area contributed by atoms with Gasteiger partial charge in [0.2, 0.25) is 11.9 Å². The average Bonchev–Trinajstić information content (AvgIpc) is 3.20. The van der Waals surface area contributed by atoms with Crippen LogP contribution in [0.1, 0.15) is 11.6 Å². The molecule has 0 bridgehead atoms. The van der Waals surface area contributed by atoms with Gasteiger partial charge in [-0.15, -0.1) is 0 Å². The molecule has 9 heteroatoms. The van der Waals surface area contributed by atoms with Crippen LogP contribution in [0.15, 0.2) is 60.8 Å². The maximum Gasteiger partial charge on any atom is 0.247 e. The second-order valence-electron chi connectivity index (χ2n) is 6.49. The molecule has 148 valence electrons. The molecule has 0 radical (unpaired) electrons. The third-order valence-corrected chi connectivity index (χ3v) is 4.79. The highest BCUT2D eigenvalue weighted by Crippen LogP contribution is 2.40. The first-order valence-electron chi connectivity index (χ1n) is 8.94. The number of para-hydroxylation sites is 1. The van der Waals surface area contributed by atoms with E-state index in [9.17, 15) is 4.79 Å². The van der Waals surface area contributed by atoms with Gasteiger partial charge in [0.05, 0.1) is 20.3 Å². The van der Waals surface area contributed by atoms with E-state index < -0.39 is 12.0 Å². The minimum Gasteiger partial charge on any atom is -0.493 e. The van der Waals surface area contributed by atoms with E-state index in [1.165, 1.54) is 0 Å². The van der Waals surface area contributed by atoms with E-state index in [0.717, 1.165) is 5.56 Å². The summed E-state index contributed by atoms with van der Waals surface area (Å²) >= 11 is 0. The first kappa shape index (κ1) is 18.5. The molecule has 0 spiro atoms. The van der Waals surface area contributed by atoms with Crippen LogP contribution in [0, 0.1) is 5.92 Å². The van der Waals surface area contributed by atoms with Crippen molar-refractivity contribution >= 4 is 17.5 Å². The number of ether oxygens (including phenoxy) is 2. The molecular formula is C20H20N6O3. The lowest BCUT2D eigenvalue weighted by molar-refractivity contribution is -0.119. The molecule has 2 unspecified atom stereocenters. The lowest BCUT2D eigenvalue weighted by atomic mass is 9.88.